The molecule has 1 aromatic heterocycles. The number of hydrogen-bond acceptors (Lipinski definition) is 3. The predicted molar refractivity (Wildman–Crippen MR) is 77.9 cm³/mol. The summed E-state index contributed by atoms with van der Waals surface area (Å²) in [5.74, 6) is -0.193. The van der Waals surface area contributed by atoms with Crippen LogP contribution in [0.1, 0.15) is 10.7 Å². The van der Waals surface area contributed by atoms with E-state index >= 15 is 0 Å². The molecule has 1 aliphatic rings. The van der Waals surface area contributed by atoms with E-state index in [-0.39, 0.29) is 26.3 Å². The fourth-order valence-electron chi connectivity index (χ4n) is 1.51. The van der Waals surface area contributed by atoms with Gasteiger partial charge in [0, 0.05) is 0 Å². The zero-order valence-electron chi connectivity index (χ0n) is 8.86. The van der Waals surface area contributed by atoms with E-state index in [1.54, 1.807) is 0 Å². The Morgan fingerprint density at radius 3 is 2.63 bits per heavy atom. The van der Waals surface area contributed by atoms with E-state index in [1.807, 2.05) is 0 Å². The van der Waals surface area contributed by atoms with Crippen molar-refractivity contribution in [2.45, 2.75) is 10.2 Å². The number of alkyl halides is 3. The van der Waals surface area contributed by atoms with Gasteiger partial charge >= 0.3 is 5.69 Å². The van der Waals surface area contributed by atoms with Gasteiger partial charge in [-0.05, 0) is 17.1 Å². The quantitative estimate of drug-likeness (QED) is 0.599. The number of allylic oxidation sites excluding steroid dienone is 4. The monoisotopic (exact) mass is 361 g/mol. The smallest absolute Gasteiger partial charge is 0.244 e. The molecule has 19 heavy (non-hydrogen) atoms. The molecule has 10 heteroatoms. The predicted octanol–water partition coefficient (Wildman–Crippen LogP) is 3.21. The Kier molecular flexibility index (Phi) is 4.37. The van der Waals surface area contributed by atoms with E-state index in [2.05, 4.69) is 5.10 Å². The van der Waals surface area contributed by atoms with Crippen molar-refractivity contribution in [1.29, 1.82) is 0 Å². The van der Waals surface area contributed by atoms with Crippen LogP contribution in [0.3, 0.4) is 0 Å². The van der Waals surface area contributed by atoms with Gasteiger partial charge in [-0.1, -0.05) is 51.5 Å². The molecule has 0 radical (unpaired) electrons. The van der Waals surface area contributed by atoms with Crippen LogP contribution in [0.5, 0.6) is 0 Å². The number of rotatable bonds is 2. The lowest BCUT2D eigenvalue weighted by Gasteiger charge is -2.19. The second kappa shape index (κ2) is 5.54. The Labute approximate surface area is 131 Å². The molecular formula is C9H4Cl4FN3OS. The molecule has 1 heterocycles. The zero-order valence-corrected chi connectivity index (χ0v) is 12.7. The molecule has 1 unspecified atom stereocenters. The highest BCUT2D eigenvalue weighted by Gasteiger charge is 2.29. The van der Waals surface area contributed by atoms with Crippen LogP contribution in [-0.2, 0) is 0 Å². The molecule has 0 N–H and O–H groups in total. The Hall–Kier alpha value is -0.400. The SMILES string of the molecule is O=c1n(F)nc(C(Cl)Cl)n1C1=CC=C(Cl)C(=S)C1Cl. The highest BCUT2D eigenvalue weighted by molar-refractivity contribution is 7.81. The van der Waals surface area contributed by atoms with Crippen LogP contribution in [0.15, 0.2) is 22.0 Å². The van der Waals surface area contributed by atoms with Crippen LogP contribution >= 0.6 is 58.6 Å². The Bertz CT molecular complexity index is 663. The maximum absolute atomic E-state index is 13.2. The standard InChI is InChI=1S/C9H4Cl4FN3OS/c10-3-1-2-4(5(11)6(3)19)16-8(7(12)13)15-17(14)9(16)18/h1-2,5,7H. The average molecular weight is 363 g/mol. The van der Waals surface area contributed by atoms with Crippen molar-refractivity contribution in [2.75, 3.05) is 0 Å². The molecule has 102 valence electrons. The summed E-state index contributed by atoms with van der Waals surface area (Å²) < 4.78 is 14.1. The van der Waals surface area contributed by atoms with Crippen LogP contribution in [0, 0.1) is 0 Å². The van der Waals surface area contributed by atoms with E-state index in [0.29, 0.717) is 0 Å². The summed E-state index contributed by atoms with van der Waals surface area (Å²) in [5, 5.41) is 2.69. The summed E-state index contributed by atoms with van der Waals surface area (Å²) in [4.78, 5) is 10.3. The number of aromatic nitrogens is 3. The number of hydrogen-bond donors (Lipinski definition) is 0. The van der Waals surface area contributed by atoms with Crippen molar-refractivity contribution in [3.8, 4) is 0 Å². The maximum Gasteiger partial charge on any atom is 0.379 e. The molecule has 1 atom stereocenters. The zero-order chi connectivity index (χ0) is 14.3. The van der Waals surface area contributed by atoms with Crippen LogP contribution in [0.4, 0.5) is 4.48 Å². The number of thiocarbonyl (C=S) groups is 1. The fourth-order valence-corrected chi connectivity index (χ4v) is 2.50. The van der Waals surface area contributed by atoms with E-state index < -0.39 is 15.9 Å². The van der Waals surface area contributed by atoms with Gasteiger partial charge in [-0.15, -0.1) is 16.7 Å². The Morgan fingerprint density at radius 2 is 2.05 bits per heavy atom. The summed E-state index contributed by atoms with van der Waals surface area (Å²) in [6, 6.07) is 0. The molecular weight excluding hydrogens is 359 g/mol. The first-order chi connectivity index (χ1) is 8.84. The second-order valence-corrected chi connectivity index (χ2v) is 5.85. The summed E-state index contributed by atoms with van der Waals surface area (Å²) in [5.41, 5.74) is -0.890. The molecule has 0 saturated carbocycles. The molecule has 2 rings (SSSR count). The van der Waals surface area contributed by atoms with Gasteiger partial charge in [0.2, 0.25) is 0 Å². The lowest BCUT2D eigenvalue weighted by molar-refractivity contribution is 0.299. The second-order valence-electron chi connectivity index (χ2n) is 3.47. The maximum atomic E-state index is 13.2. The number of nitrogens with zero attached hydrogens (tertiary/aromatic N) is 3. The minimum absolute atomic E-state index is 0.186. The van der Waals surface area contributed by atoms with Crippen molar-refractivity contribution in [1.82, 2.24) is 14.6 Å². The van der Waals surface area contributed by atoms with Crippen molar-refractivity contribution < 1.29 is 4.48 Å². The topological polar surface area (TPSA) is 39.8 Å². The molecule has 0 amide bonds. The molecule has 0 aliphatic heterocycles. The third kappa shape index (κ3) is 2.60. The molecule has 4 nitrogen and oxygen atoms in total. The summed E-state index contributed by atoms with van der Waals surface area (Å²) >= 11 is 28.2. The van der Waals surface area contributed by atoms with Gasteiger partial charge < -0.3 is 0 Å². The minimum Gasteiger partial charge on any atom is -0.244 e. The highest BCUT2D eigenvalue weighted by Crippen LogP contribution is 2.30. The van der Waals surface area contributed by atoms with Gasteiger partial charge in [0.25, 0.3) is 0 Å². The van der Waals surface area contributed by atoms with Gasteiger partial charge in [0.1, 0.15) is 5.38 Å². The van der Waals surface area contributed by atoms with Gasteiger partial charge in [-0.3, -0.25) is 0 Å². The van der Waals surface area contributed by atoms with Crippen molar-refractivity contribution >= 4 is 69.2 Å². The Balaban J connectivity index is 2.66. The molecule has 0 spiro atoms. The first-order valence-electron chi connectivity index (χ1n) is 4.77. The van der Waals surface area contributed by atoms with Crippen LogP contribution < -0.4 is 5.69 Å². The first kappa shape index (κ1) is 15.0. The number of halogens is 5. The summed E-state index contributed by atoms with van der Waals surface area (Å²) in [6.07, 6.45) is 2.87. The van der Waals surface area contributed by atoms with E-state index in [9.17, 15) is 9.28 Å². The van der Waals surface area contributed by atoms with Crippen LogP contribution in [0.2, 0.25) is 0 Å². The molecule has 0 saturated heterocycles. The van der Waals surface area contributed by atoms with E-state index in [0.717, 1.165) is 4.57 Å². The van der Waals surface area contributed by atoms with Crippen LogP contribution in [0.25, 0.3) is 5.70 Å². The van der Waals surface area contributed by atoms with Crippen LogP contribution in [-0.4, -0.2) is 24.8 Å². The average Bonchev–Trinajstić information content (AvgIpc) is 2.64. The fraction of sp³-hybridized carbons (Fsp3) is 0.222. The normalized spacial score (nSPS) is 19.7. The third-order valence-corrected chi connectivity index (χ3v) is 4.21. The lowest BCUT2D eigenvalue weighted by atomic mass is 10.1. The minimum atomic E-state index is -1.20. The van der Waals surface area contributed by atoms with Crippen molar-refractivity contribution in [3.63, 3.8) is 0 Å². The van der Waals surface area contributed by atoms with Gasteiger partial charge in [-0.25, -0.2) is 9.36 Å². The molecule has 0 bridgehead atoms. The first-order valence-corrected chi connectivity index (χ1v) is 6.86. The van der Waals surface area contributed by atoms with Crippen molar-refractivity contribution in [3.05, 3.63) is 33.5 Å². The summed E-state index contributed by atoms with van der Waals surface area (Å²) in [7, 11) is 0. The van der Waals surface area contributed by atoms with E-state index in [1.165, 1.54) is 12.2 Å². The highest BCUT2D eigenvalue weighted by atomic mass is 35.5. The van der Waals surface area contributed by atoms with Crippen molar-refractivity contribution in [2.24, 2.45) is 0 Å². The van der Waals surface area contributed by atoms with E-state index in [4.69, 9.17) is 58.6 Å². The molecule has 0 aromatic carbocycles. The van der Waals surface area contributed by atoms with Gasteiger partial charge in [0.15, 0.2) is 10.7 Å². The third-order valence-electron chi connectivity index (χ3n) is 2.35. The molecule has 1 aromatic rings. The largest absolute Gasteiger partial charge is 0.379 e. The lowest BCUT2D eigenvalue weighted by Crippen LogP contribution is -2.29. The molecule has 1 aliphatic carbocycles. The van der Waals surface area contributed by atoms with Gasteiger partial charge in [0.05, 0.1) is 15.6 Å². The van der Waals surface area contributed by atoms with Gasteiger partial charge in [-0.2, -0.15) is 0 Å². The molecule has 0 fully saturated rings. The summed E-state index contributed by atoms with van der Waals surface area (Å²) in [6.45, 7) is 0. The Morgan fingerprint density at radius 1 is 1.42 bits per heavy atom.